The van der Waals surface area contributed by atoms with Gasteiger partial charge in [0.1, 0.15) is 5.41 Å². The molecule has 184 valence electrons. The molecule has 2 aromatic rings. The molecule has 0 atom stereocenters. The number of benzene rings is 2. The van der Waals surface area contributed by atoms with Crippen LogP contribution in [0.3, 0.4) is 0 Å². The zero-order chi connectivity index (χ0) is 25.7. The SMILES string of the molecule is Nc1ccc(C(c2ccc(N)cc2)(C(F)(F)F)C(CC(F)(F)F)(C(F)(F)F)C(F)(F)F)cc1. The molecule has 0 fully saturated rings. The maximum Gasteiger partial charge on any atom is 0.405 e. The van der Waals surface area contributed by atoms with Gasteiger partial charge in [0, 0.05) is 11.4 Å². The maximum atomic E-state index is 14.6. The molecular formula is C19H14F12N2. The van der Waals surface area contributed by atoms with Gasteiger partial charge in [0.2, 0.25) is 0 Å². The minimum Gasteiger partial charge on any atom is -0.399 e. The summed E-state index contributed by atoms with van der Waals surface area (Å²) in [5.74, 6) is 0. The first kappa shape index (κ1) is 26.5. The Morgan fingerprint density at radius 3 is 1.00 bits per heavy atom. The zero-order valence-electron chi connectivity index (χ0n) is 16.0. The van der Waals surface area contributed by atoms with Crippen molar-refractivity contribution < 1.29 is 52.7 Å². The minimum atomic E-state index is -7.08. The Kier molecular flexibility index (Phi) is 6.34. The van der Waals surface area contributed by atoms with Gasteiger partial charge in [0.05, 0.1) is 6.42 Å². The fraction of sp³-hybridized carbons (Fsp3) is 0.368. The molecule has 0 aliphatic heterocycles. The summed E-state index contributed by atoms with van der Waals surface area (Å²) in [5.41, 5.74) is -5.26. The molecule has 0 aromatic heterocycles. The van der Waals surface area contributed by atoms with Crippen LogP contribution in [0.1, 0.15) is 17.5 Å². The van der Waals surface area contributed by atoms with Crippen LogP contribution in [0, 0.1) is 5.41 Å². The third-order valence-corrected chi connectivity index (χ3v) is 5.19. The first-order valence-electron chi connectivity index (χ1n) is 8.69. The number of rotatable bonds is 4. The van der Waals surface area contributed by atoms with Crippen LogP contribution in [-0.2, 0) is 5.41 Å². The topological polar surface area (TPSA) is 52.0 Å². The van der Waals surface area contributed by atoms with E-state index in [0.717, 1.165) is 0 Å². The van der Waals surface area contributed by atoms with Crippen LogP contribution in [0.5, 0.6) is 0 Å². The number of anilines is 2. The fourth-order valence-electron chi connectivity index (χ4n) is 3.91. The number of halogens is 12. The molecule has 0 saturated carbocycles. The Labute approximate surface area is 178 Å². The Balaban J connectivity index is 3.30. The monoisotopic (exact) mass is 498 g/mol. The third-order valence-electron chi connectivity index (χ3n) is 5.19. The summed E-state index contributed by atoms with van der Waals surface area (Å²) >= 11 is 0. The van der Waals surface area contributed by atoms with Gasteiger partial charge in [-0.3, -0.25) is 0 Å². The summed E-state index contributed by atoms with van der Waals surface area (Å²) in [6, 6.07) is 2.94. The van der Waals surface area contributed by atoms with E-state index in [1.54, 1.807) is 0 Å². The first-order valence-corrected chi connectivity index (χ1v) is 8.69. The molecule has 14 heteroatoms. The maximum absolute atomic E-state index is 14.6. The normalized spacial score (nSPS) is 14.4. The second-order valence-electron chi connectivity index (χ2n) is 7.18. The van der Waals surface area contributed by atoms with Crippen molar-refractivity contribution in [3.8, 4) is 0 Å². The Bertz CT molecular complexity index is 892. The Hall–Kier alpha value is -2.80. The van der Waals surface area contributed by atoms with Crippen LogP contribution in [0.4, 0.5) is 64.1 Å². The number of hydrogen-bond acceptors (Lipinski definition) is 2. The van der Waals surface area contributed by atoms with Gasteiger partial charge < -0.3 is 11.5 Å². The van der Waals surface area contributed by atoms with Gasteiger partial charge in [-0.05, 0) is 35.4 Å². The third kappa shape index (κ3) is 4.26. The molecule has 2 aromatic carbocycles. The highest BCUT2D eigenvalue weighted by Crippen LogP contribution is 2.71. The second kappa shape index (κ2) is 7.90. The lowest BCUT2D eigenvalue weighted by molar-refractivity contribution is -0.409. The lowest BCUT2D eigenvalue weighted by Crippen LogP contribution is -2.69. The van der Waals surface area contributed by atoms with E-state index < -0.39 is 53.1 Å². The van der Waals surface area contributed by atoms with E-state index in [9.17, 15) is 52.7 Å². The minimum absolute atomic E-state index is 0.182. The van der Waals surface area contributed by atoms with Crippen LogP contribution in [0.25, 0.3) is 0 Å². The van der Waals surface area contributed by atoms with Crippen LogP contribution in [0.15, 0.2) is 48.5 Å². The highest BCUT2D eigenvalue weighted by Gasteiger charge is 2.87. The van der Waals surface area contributed by atoms with Crippen molar-refractivity contribution in [2.75, 3.05) is 11.5 Å². The highest BCUT2D eigenvalue weighted by atomic mass is 19.4. The average Bonchev–Trinajstić information content (AvgIpc) is 2.60. The molecule has 2 nitrogen and oxygen atoms in total. The van der Waals surface area contributed by atoms with Crippen molar-refractivity contribution in [2.24, 2.45) is 5.41 Å². The van der Waals surface area contributed by atoms with Crippen molar-refractivity contribution >= 4 is 11.4 Å². The summed E-state index contributed by atoms with van der Waals surface area (Å²) in [6.45, 7) is 0. The van der Waals surface area contributed by atoms with E-state index >= 15 is 0 Å². The van der Waals surface area contributed by atoms with E-state index in [1.807, 2.05) is 0 Å². The van der Waals surface area contributed by atoms with Crippen molar-refractivity contribution in [2.45, 2.75) is 36.5 Å². The quantitative estimate of drug-likeness (QED) is 0.362. The predicted molar refractivity (Wildman–Crippen MR) is 93.8 cm³/mol. The fourth-order valence-corrected chi connectivity index (χ4v) is 3.91. The van der Waals surface area contributed by atoms with Gasteiger partial charge in [-0.1, -0.05) is 24.3 Å². The summed E-state index contributed by atoms with van der Waals surface area (Å²) in [6.07, 6.45) is -30.9. The predicted octanol–water partition coefficient (Wildman–Crippen LogP) is 6.76. The number of nitrogens with two attached hydrogens (primary N) is 2. The standard InChI is InChI=1S/C19H14F12N2/c20-15(21,22)9-14(17(23,24)25,18(26,27)28)16(19(29,30)31,10-1-5-12(32)6-2-10)11-3-7-13(33)8-4-11/h1-8H,9,32-33H2. The molecule has 0 spiro atoms. The summed E-state index contributed by atoms with van der Waals surface area (Å²) in [5, 5.41) is 0. The van der Waals surface area contributed by atoms with E-state index in [0.29, 0.717) is 24.3 Å². The molecule has 2 rings (SSSR count). The average molecular weight is 498 g/mol. The van der Waals surface area contributed by atoms with Gasteiger partial charge in [-0.15, -0.1) is 0 Å². The van der Waals surface area contributed by atoms with Crippen LogP contribution in [0.2, 0.25) is 0 Å². The molecular weight excluding hydrogens is 484 g/mol. The van der Waals surface area contributed by atoms with Gasteiger partial charge in [-0.25, -0.2) is 0 Å². The van der Waals surface area contributed by atoms with E-state index in [1.165, 1.54) is 0 Å². The second-order valence-corrected chi connectivity index (χ2v) is 7.18. The first-order chi connectivity index (χ1) is 14.7. The molecule has 0 amide bonds. The molecule has 0 bridgehead atoms. The largest absolute Gasteiger partial charge is 0.405 e. The molecule has 4 N–H and O–H groups in total. The molecule has 0 radical (unpaired) electrons. The van der Waals surface area contributed by atoms with Gasteiger partial charge in [0.15, 0.2) is 5.41 Å². The smallest absolute Gasteiger partial charge is 0.399 e. The van der Waals surface area contributed by atoms with E-state index in [2.05, 4.69) is 0 Å². The summed E-state index contributed by atoms with van der Waals surface area (Å²) < 4.78 is 169. The lowest BCUT2D eigenvalue weighted by atomic mass is 9.53. The van der Waals surface area contributed by atoms with Crippen molar-refractivity contribution in [3.63, 3.8) is 0 Å². The number of alkyl halides is 12. The molecule has 0 aliphatic rings. The lowest BCUT2D eigenvalue weighted by Gasteiger charge is -2.52. The molecule has 0 unspecified atom stereocenters. The van der Waals surface area contributed by atoms with Gasteiger partial charge in [0.25, 0.3) is 0 Å². The molecule has 0 heterocycles. The number of hydrogen-bond donors (Lipinski definition) is 2. The molecule has 0 saturated heterocycles. The van der Waals surface area contributed by atoms with Gasteiger partial charge >= 0.3 is 24.7 Å². The molecule has 0 aliphatic carbocycles. The van der Waals surface area contributed by atoms with Crippen molar-refractivity contribution in [1.29, 1.82) is 0 Å². The summed E-state index contributed by atoms with van der Waals surface area (Å²) in [7, 11) is 0. The Morgan fingerprint density at radius 1 is 0.485 bits per heavy atom. The van der Waals surface area contributed by atoms with Crippen molar-refractivity contribution in [3.05, 3.63) is 59.7 Å². The summed E-state index contributed by atoms with van der Waals surface area (Å²) in [4.78, 5) is 0. The van der Waals surface area contributed by atoms with Crippen molar-refractivity contribution in [1.82, 2.24) is 0 Å². The molecule has 33 heavy (non-hydrogen) atoms. The van der Waals surface area contributed by atoms with Gasteiger partial charge in [-0.2, -0.15) is 52.7 Å². The van der Waals surface area contributed by atoms with Crippen LogP contribution in [-0.4, -0.2) is 24.7 Å². The Morgan fingerprint density at radius 2 is 0.788 bits per heavy atom. The zero-order valence-corrected chi connectivity index (χ0v) is 16.0. The highest BCUT2D eigenvalue weighted by molar-refractivity contribution is 5.53. The van der Waals surface area contributed by atoms with E-state index in [-0.39, 0.29) is 35.6 Å². The van der Waals surface area contributed by atoms with Crippen LogP contribution >= 0.6 is 0 Å². The number of nitrogen functional groups attached to an aromatic ring is 2. The van der Waals surface area contributed by atoms with E-state index in [4.69, 9.17) is 11.5 Å². The van der Waals surface area contributed by atoms with Crippen LogP contribution < -0.4 is 11.5 Å².